The Morgan fingerprint density at radius 1 is 1.14 bits per heavy atom. The predicted molar refractivity (Wildman–Crippen MR) is 84.1 cm³/mol. The second-order valence-electron chi connectivity index (χ2n) is 5.66. The number of benzene rings is 1. The summed E-state index contributed by atoms with van der Waals surface area (Å²) in [5, 5.41) is 6.21. The summed E-state index contributed by atoms with van der Waals surface area (Å²) in [6.45, 7) is 2.55. The largest absolute Gasteiger partial charge is 0.463 e. The van der Waals surface area contributed by atoms with E-state index in [0.717, 1.165) is 18.7 Å². The molecule has 0 radical (unpaired) electrons. The van der Waals surface area contributed by atoms with Gasteiger partial charge >= 0.3 is 0 Å². The normalized spacial score (nSPS) is 21.5. The SMILES string of the molecule is O=C1NCCNC1C1CCCC1.O=COCc1ccccc1. The van der Waals surface area contributed by atoms with Crippen molar-refractivity contribution >= 4 is 12.4 Å². The Balaban J connectivity index is 0.000000164. The lowest BCUT2D eigenvalue weighted by molar-refractivity contribution is -0.129. The summed E-state index contributed by atoms with van der Waals surface area (Å²) in [5.74, 6) is 0.818. The van der Waals surface area contributed by atoms with Gasteiger partial charge in [-0.25, -0.2) is 0 Å². The van der Waals surface area contributed by atoms with Crippen LogP contribution in [0.5, 0.6) is 0 Å². The molecule has 3 rings (SSSR count). The third-order valence-corrected chi connectivity index (χ3v) is 4.10. The molecule has 1 aromatic carbocycles. The fraction of sp³-hybridized carbons (Fsp3) is 0.529. The van der Waals surface area contributed by atoms with E-state index in [-0.39, 0.29) is 11.9 Å². The lowest BCUT2D eigenvalue weighted by atomic mass is 9.96. The highest BCUT2D eigenvalue weighted by Crippen LogP contribution is 2.28. The molecule has 1 aliphatic heterocycles. The summed E-state index contributed by atoms with van der Waals surface area (Å²) in [6.07, 6.45) is 5.06. The molecule has 1 atom stereocenters. The first-order valence-electron chi connectivity index (χ1n) is 7.91. The highest BCUT2D eigenvalue weighted by Gasteiger charge is 2.31. The number of amides is 1. The van der Waals surface area contributed by atoms with Gasteiger partial charge in [-0.15, -0.1) is 0 Å². The Morgan fingerprint density at radius 2 is 1.86 bits per heavy atom. The van der Waals surface area contributed by atoms with E-state index >= 15 is 0 Å². The number of ether oxygens (including phenoxy) is 1. The zero-order valence-electron chi connectivity index (χ0n) is 12.8. The van der Waals surface area contributed by atoms with Crippen LogP contribution in [0.4, 0.5) is 0 Å². The van der Waals surface area contributed by atoms with Crippen LogP contribution >= 0.6 is 0 Å². The maximum Gasteiger partial charge on any atom is 0.293 e. The molecule has 2 fully saturated rings. The number of rotatable bonds is 4. The smallest absolute Gasteiger partial charge is 0.293 e. The highest BCUT2D eigenvalue weighted by molar-refractivity contribution is 5.82. The van der Waals surface area contributed by atoms with Crippen molar-refractivity contribution in [3.63, 3.8) is 0 Å². The molecule has 1 saturated carbocycles. The molecule has 5 heteroatoms. The average molecular weight is 304 g/mol. The third kappa shape index (κ3) is 5.15. The molecule has 22 heavy (non-hydrogen) atoms. The van der Waals surface area contributed by atoms with Gasteiger partial charge < -0.3 is 15.4 Å². The molecule has 120 valence electrons. The Hall–Kier alpha value is -1.88. The van der Waals surface area contributed by atoms with E-state index in [1.165, 1.54) is 25.7 Å². The molecule has 0 aromatic heterocycles. The molecule has 1 aliphatic carbocycles. The Morgan fingerprint density at radius 3 is 2.50 bits per heavy atom. The fourth-order valence-electron chi connectivity index (χ4n) is 2.99. The molecule has 5 nitrogen and oxygen atoms in total. The minimum Gasteiger partial charge on any atom is -0.463 e. The molecular formula is C17H24N2O3. The zero-order valence-corrected chi connectivity index (χ0v) is 12.8. The van der Waals surface area contributed by atoms with Gasteiger partial charge in [-0.05, 0) is 24.3 Å². The minimum absolute atomic E-state index is 0.112. The molecule has 1 amide bonds. The van der Waals surface area contributed by atoms with Crippen molar-refractivity contribution < 1.29 is 14.3 Å². The van der Waals surface area contributed by atoms with Gasteiger partial charge in [0, 0.05) is 13.1 Å². The van der Waals surface area contributed by atoms with Crippen LogP contribution in [0, 0.1) is 5.92 Å². The number of hydrogen-bond acceptors (Lipinski definition) is 4. The topological polar surface area (TPSA) is 67.4 Å². The summed E-state index contributed by atoms with van der Waals surface area (Å²) in [6, 6.07) is 9.66. The van der Waals surface area contributed by atoms with Crippen molar-refractivity contribution in [2.75, 3.05) is 13.1 Å². The van der Waals surface area contributed by atoms with Crippen LogP contribution in [0.15, 0.2) is 30.3 Å². The van der Waals surface area contributed by atoms with Gasteiger partial charge in [0.1, 0.15) is 6.61 Å². The van der Waals surface area contributed by atoms with Gasteiger partial charge in [0.2, 0.25) is 5.91 Å². The molecule has 0 bridgehead atoms. The van der Waals surface area contributed by atoms with Crippen molar-refractivity contribution in [1.29, 1.82) is 0 Å². The summed E-state index contributed by atoms with van der Waals surface area (Å²) in [4.78, 5) is 21.2. The Kier molecular flexibility index (Phi) is 6.90. The molecule has 1 unspecified atom stereocenters. The van der Waals surface area contributed by atoms with Crippen LogP contribution in [-0.4, -0.2) is 31.5 Å². The quantitative estimate of drug-likeness (QED) is 0.830. The standard InChI is InChI=1S/C9H16N2O.C8H8O2/c12-9-8(10-5-6-11-9)7-3-1-2-4-7;9-7-10-6-8-4-2-1-3-5-8/h7-8,10H,1-6H2,(H,11,12);1-5,7H,6H2. The predicted octanol–water partition coefficient (Wildman–Crippen LogP) is 1.62. The average Bonchev–Trinajstić information content (AvgIpc) is 3.09. The van der Waals surface area contributed by atoms with E-state index in [9.17, 15) is 9.59 Å². The van der Waals surface area contributed by atoms with Gasteiger partial charge in [0.15, 0.2) is 0 Å². The lowest BCUT2D eigenvalue weighted by Gasteiger charge is -2.27. The van der Waals surface area contributed by atoms with E-state index in [4.69, 9.17) is 0 Å². The van der Waals surface area contributed by atoms with Crippen molar-refractivity contribution in [3.05, 3.63) is 35.9 Å². The van der Waals surface area contributed by atoms with E-state index < -0.39 is 0 Å². The van der Waals surface area contributed by atoms with Crippen LogP contribution in [0.25, 0.3) is 0 Å². The van der Waals surface area contributed by atoms with Gasteiger partial charge in [0.05, 0.1) is 6.04 Å². The van der Waals surface area contributed by atoms with Gasteiger partial charge in [0.25, 0.3) is 6.47 Å². The van der Waals surface area contributed by atoms with Gasteiger partial charge in [-0.3, -0.25) is 9.59 Å². The van der Waals surface area contributed by atoms with Crippen molar-refractivity contribution in [2.24, 2.45) is 5.92 Å². The van der Waals surface area contributed by atoms with E-state index in [1.54, 1.807) is 0 Å². The second-order valence-corrected chi connectivity index (χ2v) is 5.66. The Labute approximate surface area is 131 Å². The summed E-state index contributed by atoms with van der Waals surface area (Å²) >= 11 is 0. The fourth-order valence-corrected chi connectivity index (χ4v) is 2.99. The van der Waals surface area contributed by atoms with Crippen LogP contribution in [0.2, 0.25) is 0 Å². The van der Waals surface area contributed by atoms with Crippen LogP contribution in [-0.2, 0) is 20.9 Å². The van der Waals surface area contributed by atoms with Crippen molar-refractivity contribution in [3.8, 4) is 0 Å². The maximum atomic E-state index is 11.4. The Bertz CT molecular complexity index is 458. The number of carbonyl (C=O) groups is 2. The molecule has 2 N–H and O–H groups in total. The van der Waals surface area contributed by atoms with E-state index in [1.807, 2.05) is 30.3 Å². The number of nitrogens with one attached hydrogen (secondary N) is 2. The van der Waals surface area contributed by atoms with Crippen LogP contribution in [0.1, 0.15) is 31.2 Å². The first-order chi connectivity index (χ1) is 10.8. The molecule has 1 saturated heterocycles. The van der Waals surface area contributed by atoms with Crippen molar-refractivity contribution in [2.45, 2.75) is 38.3 Å². The highest BCUT2D eigenvalue weighted by atomic mass is 16.5. The number of hydrogen-bond donors (Lipinski definition) is 2. The van der Waals surface area contributed by atoms with Gasteiger partial charge in [-0.2, -0.15) is 0 Å². The summed E-state index contributed by atoms with van der Waals surface area (Å²) in [5.41, 5.74) is 1.01. The molecule has 1 aromatic rings. The van der Waals surface area contributed by atoms with E-state index in [0.29, 0.717) is 19.0 Å². The lowest BCUT2D eigenvalue weighted by Crippen LogP contribution is -2.55. The van der Waals surface area contributed by atoms with Crippen LogP contribution in [0.3, 0.4) is 0 Å². The van der Waals surface area contributed by atoms with Gasteiger partial charge in [-0.1, -0.05) is 43.2 Å². The second kappa shape index (κ2) is 9.20. The molecule has 2 aliphatic rings. The molecule has 0 spiro atoms. The van der Waals surface area contributed by atoms with E-state index in [2.05, 4.69) is 15.4 Å². The zero-order chi connectivity index (χ0) is 15.6. The third-order valence-electron chi connectivity index (χ3n) is 4.10. The monoisotopic (exact) mass is 304 g/mol. The molecular weight excluding hydrogens is 280 g/mol. The number of piperazine rings is 1. The number of carbonyl (C=O) groups excluding carboxylic acids is 2. The van der Waals surface area contributed by atoms with Crippen LogP contribution < -0.4 is 10.6 Å². The summed E-state index contributed by atoms with van der Waals surface area (Å²) < 4.78 is 4.54. The first-order valence-corrected chi connectivity index (χ1v) is 7.91. The summed E-state index contributed by atoms with van der Waals surface area (Å²) in [7, 11) is 0. The first kappa shape index (κ1) is 16.5. The minimum atomic E-state index is 0.112. The molecule has 1 heterocycles. The van der Waals surface area contributed by atoms with Crippen molar-refractivity contribution in [1.82, 2.24) is 10.6 Å². The maximum absolute atomic E-state index is 11.4.